The molecule has 8 nitrogen and oxygen atoms in total. The van der Waals surface area contributed by atoms with Gasteiger partial charge in [0, 0.05) is 45.4 Å². The second-order valence-corrected chi connectivity index (χ2v) is 11.2. The average Bonchev–Trinajstić information content (AvgIpc) is 2.89. The van der Waals surface area contributed by atoms with Crippen molar-refractivity contribution in [1.82, 2.24) is 19.4 Å². The van der Waals surface area contributed by atoms with Gasteiger partial charge in [0.15, 0.2) is 5.82 Å². The van der Waals surface area contributed by atoms with E-state index in [9.17, 15) is 4.79 Å². The van der Waals surface area contributed by atoms with Gasteiger partial charge in [-0.3, -0.25) is 9.47 Å². The summed E-state index contributed by atoms with van der Waals surface area (Å²) < 4.78 is 12.9. The van der Waals surface area contributed by atoms with Crippen LogP contribution in [0.4, 0.5) is 5.82 Å². The number of benzene rings is 1. The van der Waals surface area contributed by atoms with E-state index in [0.29, 0.717) is 23.1 Å². The number of fused-ring (bicyclic) bond motifs is 1. The normalized spacial score (nSPS) is 19.6. The fourth-order valence-electron chi connectivity index (χ4n) is 5.51. The SMILES string of the molecule is CC[C@H]1CN(C(C)c2ccc(OC(C)(C)COC)cc2)[C@H](CC)CN1c1nc(=O)n(C)c2ccc(Cl)nc12. The van der Waals surface area contributed by atoms with Crippen molar-refractivity contribution in [3.63, 3.8) is 0 Å². The molecule has 0 radical (unpaired) electrons. The monoisotopic (exact) mass is 541 g/mol. The molecular formula is C29H40ClN5O3. The first kappa shape index (κ1) is 28.3. The van der Waals surface area contributed by atoms with Gasteiger partial charge < -0.3 is 14.4 Å². The number of halogens is 1. The predicted octanol–water partition coefficient (Wildman–Crippen LogP) is 5.23. The number of rotatable bonds is 9. The van der Waals surface area contributed by atoms with Crippen LogP contribution in [0.3, 0.4) is 0 Å². The molecule has 0 saturated carbocycles. The number of aryl methyl sites for hydroxylation is 1. The summed E-state index contributed by atoms with van der Waals surface area (Å²) in [5.41, 5.74) is 1.97. The summed E-state index contributed by atoms with van der Waals surface area (Å²) in [7, 11) is 3.41. The van der Waals surface area contributed by atoms with E-state index in [1.54, 1.807) is 20.2 Å². The van der Waals surface area contributed by atoms with Gasteiger partial charge in [-0.15, -0.1) is 0 Å². The first-order valence-corrected chi connectivity index (χ1v) is 13.8. The summed E-state index contributed by atoms with van der Waals surface area (Å²) in [5, 5.41) is 0.393. The van der Waals surface area contributed by atoms with Crippen molar-refractivity contribution >= 4 is 28.5 Å². The summed E-state index contributed by atoms with van der Waals surface area (Å²) in [6.45, 7) is 12.8. The van der Waals surface area contributed by atoms with Gasteiger partial charge in [-0.05, 0) is 63.4 Å². The summed E-state index contributed by atoms with van der Waals surface area (Å²) >= 11 is 6.27. The van der Waals surface area contributed by atoms with Crippen LogP contribution in [0, 0.1) is 0 Å². The smallest absolute Gasteiger partial charge is 0.349 e. The van der Waals surface area contributed by atoms with Gasteiger partial charge in [-0.1, -0.05) is 37.6 Å². The third kappa shape index (κ3) is 5.82. The number of aromatic nitrogens is 3. The highest BCUT2D eigenvalue weighted by molar-refractivity contribution is 6.29. The Labute approximate surface area is 230 Å². The molecule has 0 aliphatic carbocycles. The topological polar surface area (TPSA) is 72.7 Å². The van der Waals surface area contributed by atoms with Crippen LogP contribution in [0.5, 0.6) is 5.75 Å². The Bertz CT molecular complexity index is 1310. The lowest BCUT2D eigenvalue weighted by molar-refractivity contribution is 0.0180. The third-order valence-corrected chi connectivity index (χ3v) is 7.81. The van der Waals surface area contributed by atoms with E-state index >= 15 is 0 Å². The number of ether oxygens (including phenoxy) is 2. The van der Waals surface area contributed by atoms with Crippen molar-refractivity contribution in [1.29, 1.82) is 0 Å². The highest BCUT2D eigenvalue weighted by Gasteiger charge is 2.37. The Morgan fingerprint density at radius 2 is 1.74 bits per heavy atom. The number of methoxy groups -OCH3 is 1. The van der Waals surface area contributed by atoms with Gasteiger partial charge in [0.05, 0.1) is 12.1 Å². The molecule has 1 aliphatic rings. The fourth-order valence-corrected chi connectivity index (χ4v) is 5.65. The Morgan fingerprint density at radius 1 is 1.05 bits per heavy atom. The van der Waals surface area contributed by atoms with Crippen LogP contribution < -0.4 is 15.3 Å². The molecular weight excluding hydrogens is 502 g/mol. The molecule has 3 aromatic rings. The maximum Gasteiger partial charge on any atom is 0.349 e. The molecule has 1 aliphatic heterocycles. The van der Waals surface area contributed by atoms with Gasteiger partial charge >= 0.3 is 5.69 Å². The molecule has 0 spiro atoms. The molecule has 9 heteroatoms. The second-order valence-electron chi connectivity index (χ2n) is 10.8. The third-order valence-electron chi connectivity index (χ3n) is 7.60. The summed E-state index contributed by atoms with van der Waals surface area (Å²) in [5.74, 6) is 1.46. The van der Waals surface area contributed by atoms with Crippen LogP contribution in [0.1, 0.15) is 59.1 Å². The summed E-state index contributed by atoms with van der Waals surface area (Å²) in [6, 6.07) is 12.6. The van der Waals surface area contributed by atoms with Gasteiger partial charge in [-0.2, -0.15) is 4.98 Å². The van der Waals surface area contributed by atoms with Crippen LogP contribution >= 0.6 is 11.6 Å². The highest BCUT2D eigenvalue weighted by Crippen LogP contribution is 2.34. The van der Waals surface area contributed by atoms with Crippen molar-refractivity contribution in [3.8, 4) is 5.75 Å². The quantitative estimate of drug-likeness (QED) is 0.344. The largest absolute Gasteiger partial charge is 0.485 e. The minimum absolute atomic E-state index is 0.182. The van der Waals surface area contributed by atoms with E-state index in [-0.39, 0.29) is 23.8 Å². The van der Waals surface area contributed by atoms with Crippen molar-refractivity contribution in [2.45, 2.75) is 71.2 Å². The molecule has 1 unspecified atom stereocenters. The average molecular weight is 542 g/mol. The summed E-state index contributed by atoms with van der Waals surface area (Å²) in [4.78, 5) is 26.7. The van der Waals surface area contributed by atoms with Crippen molar-refractivity contribution in [3.05, 3.63) is 57.6 Å². The van der Waals surface area contributed by atoms with E-state index in [1.165, 1.54) is 10.1 Å². The zero-order chi connectivity index (χ0) is 27.6. The second kappa shape index (κ2) is 11.6. The lowest BCUT2D eigenvalue weighted by Crippen LogP contribution is -2.59. The van der Waals surface area contributed by atoms with E-state index in [2.05, 4.69) is 52.7 Å². The van der Waals surface area contributed by atoms with Gasteiger partial charge in [0.2, 0.25) is 0 Å². The molecule has 0 amide bonds. The fraction of sp³-hybridized carbons (Fsp3) is 0.552. The molecule has 38 heavy (non-hydrogen) atoms. The maximum absolute atomic E-state index is 12.8. The van der Waals surface area contributed by atoms with Crippen LogP contribution in [0.15, 0.2) is 41.2 Å². The van der Waals surface area contributed by atoms with Gasteiger partial charge in [-0.25, -0.2) is 9.78 Å². The summed E-state index contributed by atoms with van der Waals surface area (Å²) in [6.07, 6.45) is 1.89. The van der Waals surface area contributed by atoms with Crippen LogP contribution in [0.2, 0.25) is 5.15 Å². The molecule has 1 fully saturated rings. The number of piperazine rings is 1. The zero-order valence-electron chi connectivity index (χ0n) is 23.6. The molecule has 4 rings (SSSR count). The minimum atomic E-state index is -0.393. The lowest BCUT2D eigenvalue weighted by Gasteiger charge is -2.49. The number of hydrogen-bond donors (Lipinski definition) is 0. The Kier molecular flexibility index (Phi) is 8.65. The molecule has 206 valence electrons. The lowest BCUT2D eigenvalue weighted by atomic mass is 9.97. The number of anilines is 1. The standard InChI is InChI=1S/C29H40ClN5O3/c1-8-21-17-35(27-26-24(14-15-25(30)31-26)33(6)28(36)32-27)22(9-2)16-34(21)19(3)20-10-12-23(13-11-20)38-29(4,5)18-37-7/h10-15,19,21-22H,8-9,16-18H2,1-7H3/t19?,21-,22+/m1/s1. The van der Waals surface area contributed by atoms with Gasteiger partial charge in [0.1, 0.15) is 22.0 Å². The number of nitrogens with zero attached hydrogens (tertiary/aromatic N) is 5. The molecule has 0 bridgehead atoms. The molecule has 2 aromatic heterocycles. The van der Waals surface area contributed by atoms with Crippen molar-refractivity contribution < 1.29 is 9.47 Å². The van der Waals surface area contributed by atoms with Gasteiger partial charge in [0.25, 0.3) is 0 Å². The molecule has 0 N–H and O–H groups in total. The minimum Gasteiger partial charge on any atom is -0.485 e. The zero-order valence-corrected chi connectivity index (χ0v) is 24.3. The van der Waals surface area contributed by atoms with E-state index in [1.807, 2.05) is 32.0 Å². The Morgan fingerprint density at radius 3 is 2.37 bits per heavy atom. The molecule has 1 saturated heterocycles. The van der Waals surface area contributed by atoms with E-state index in [4.69, 9.17) is 21.1 Å². The van der Waals surface area contributed by atoms with Crippen molar-refractivity contribution in [2.24, 2.45) is 7.05 Å². The molecule has 3 heterocycles. The van der Waals surface area contributed by atoms with E-state index < -0.39 is 5.60 Å². The predicted molar refractivity (Wildman–Crippen MR) is 153 cm³/mol. The number of pyridine rings is 1. The van der Waals surface area contributed by atoms with Crippen LogP contribution in [0.25, 0.3) is 11.0 Å². The molecule has 1 aromatic carbocycles. The Hall–Kier alpha value is -2.68. The molecule has 3 atom stereocenters. The first-order valence-electron chi connectivity index (χ1n) is 13.4. The van der Waals surface area contributed by atoms with E-state index in [0.717, 1.165) is 37.2 Å². The highest BCUT2D eigenvalue weighted by atomic mass is 35.5. The van der Waals surface area contributed by atoms with Crippen LogP contribution in [-0.2, 0) is 11.8 Å². The Balaban J connectivity index is 1.61. The maximum atomic E-state index is 12.8. The van der Waals surface area contributed by atoms with Crippen LogP contribution in [-0.4, -0.2) is 63.9 Å². The first-order chi connectivity index (χ1) is 18.1. The number of hydrogen-bond acceptors (Lipinski definition) is 7. The van der Waals surface area contributed by atoms with Crippen molar-refractivity contribution in [2.75, 3.05) is 31.7 Å².